The number of ether oxygens (including phenoxy) is 2. The predicted molar refractivity (Wildman–Crippen MR) is 125 cm³/mol. The summed E-state index contributed by atoms with van der Waals surface area (Å²) >= 11 is 0. The smallest absolute Gasteiger partial charge is 0.135 e. The summed E-state index contributed by atoms with van der Waals surface area (Å²) in [5.74, 6) is 4.83. The normalized spacial score (nSPS) is 14.7. The molecule has 3 aliphatic heterocycles. The quantitative estimate of drug-likeness (QED) is 0.281. The Morgan fingerprint density at radius 2 is 1.19 bits per heavy atom. The molecule has 0 saturated carbocycles. The zero-order chi connectivity index (χ0) is 21.0. The van der Waals surface area contributed by atoms with Crippen molar-refractivity contribution in [3.63, 3.8) is 0 Å². The van der Waals surface area contributed by atoms with Crippen molar-refractivity contribution in [2.24, 2.45) is 7.05 Å². The van der Waals surface area contributed by atoms with Crippen LogP contribution in [0.2, 0.25) is 0 Å². The van der Waals surface area contributed by atoms with Crippen LogP contribution in [0.1, 0.15) is 22.6 Å². The maximum atomic E-state index is 6.41. The van der Waals surface area contributed by atoms with Crippen LogP contribution in [0.25, 0.3) is 10.9 Å². The van der Waals surface area contributed by atoms with Crippen LogP contribution in [-0.4, -0.2) is 4.57 Å². The van der Waals surface area contributed by atoms with E-state index in [0.29, 0.717) is 0 Å². The fraction of sp³-hybridized carbons (Fsp3) is 0.0714. The molecule has 0 atom stereocenters. The van der Waals surface area contributed by atoms with Gasteiger partial charge in [-0.2, -0.15) is 0 Å². The van der Waals surface area contributed by atoms with E-state index in [4.69, 9.17) is 9.47 Å². The van der Waals surface area contributed by atoms with E-state index in [2.05, 4.69) is 83.2 Å². The van der Waals surface area contributed by atoms with E-state index in [9.17, 15) is 0 Å². The molecule has 0 amide bonds. The summed E-state index contributed by atoms with van der Waals surface area (Å²) in [6.45, 7) is 0. The van der Waals surface area contributed by atoms with E-state index in [1.165, 1.54) is 22.0 Å². The molecule has 4 heteroatoms. The van der Waals surface area contributed by atoms with Crippen molar-refractivity contribution in [1.82, 2.24) is 4.57 Å². The van der Waals surface area contributed by atoms with Crippen molar-refractivity contribution >= 4 is 28.1 Å². The van der Waals surface area contributed by atoms with Gasteiger partial charge in [0.2, 0.25) is 0 Å². The first-order chi connectivity index (χ1) is 15.8. The molecule has 0 spiro atoms. The highest BCUT2D eigenvalue weighted by Crippen LogP contribution is 2.64. The van der Waals surface area contributed by atoms with Gasteiger partial charge in [-0.05, 0) is 48.5 Å². The van der Waals surface area contributed by atoms with Crippen LogP contribution >= 0.6 is 0 Å². The van der Waals surface area contributed by atoms with Crippen molar-refractivity contribution in [2.45, 2.75) is 5.92 Å². The molecule has 4 heterocycles. The SMILES string of the molecule is Cn1c(N2c3cccc4c3C3c5c(cccc5Oc5cccc2c53)O4)cc2ccccc21. The molecule has 8 rings (SSSR count). The zero-order valence-corrected chi connectivity index (χ0v) is 17.4. The van der Waals surface area contributed by atoms with Gasteiger partial charge in [0.25, 0.3) is 0 Å². The summed E-state index contributed by atoms with van der Waals surface area (Å²) in [7, 11) is 2.13. The summed E-state index contributed by atoms with van der Waals surface area (Å²) in [4.78, 5) is 2.36. The molecule has 4 aromatic carbocycles. The lowest BCUT2D eigenvalue weighted by Crippen LogP contribution is -2.28. The van der Waals surface area contributed by atoms with Crippen LogP contribution in [0, 0.1) is 0 Å². The number of aromatic nitrogens is 1. The highest BCUT2D eigenvalue weighted by Gasteiger charge is 2.44. The minimum absolute atomic E-state index is 0.104. The molecule has 0 radical (unpaired) electrons. The van der Waals surface area contributed by atoms with Gasteiger partial charge in [0, 0.05) is 34.6 Å². The minimum Gasteiger partial charge on any atom is -0.457 e. The van der Waals surface area contributed by atoms with Crippen molar-refractivity contribution in [3.8, 4) is 23.0 Å². The lowest BCUT2D eigenvalue weighted by atomic mass is 9.76. The number of benzene rings is 4. The summed E-state index contributed by atoms with van der Waals surface area (Å²) in [5, 5.41) is 1.22. The number of para-hydroxylation sites is 1. The molecule has 0 bridgehead atoms. The molecule has 152 valence electrons. The molecule has 5 aromatic rings. The lowest BCUT2D eigenvalue weighted by Gasteiger charge is -2.43. The van der Waals surface area contributed by atoms with Crippen LogP contribution in [0.5, 0.6) is 23.0 Å². The summed E-state index contributed by atoms with van der Waals surface area (Å²) < 4.78 is 15.1. The van der Waals surface area contributed by atoms with Crippen LogP contribution in [0.3, 0.4) is 0 Å². The molecule has 4 nitrogen and oxygen atoms in total. The van der Waals surface area contributed by atoms with Crippen LogP contribution in [-0.2, 0) is 7.05 Å². The van der Waals surface area contributed by atoms with Gasteiger partial charge in [-0.3, -0.25) is 4.90 Å². The lowest BCUT2D eigenvalue weighted by molar-refractivity contribution is 0.409. The van der Waals surface area contributed by atoms with E-state index in [-0.39, 0.29) is 5.92 Å². The highest BCUT2D eigenvalue weighted by molar-refractivity contribution is 5.94. The van der Waals surface area contributed by atoms with Gasteiger partial charge in [0.05, 0.1) is 17.3 Å². The third-order valence-electron chi connectivity index (χ3n) is 7.06. The van der Waals surface area contributed by atoms with Crippen molar-refractivity contribution < 1.29 is 9.47 Å². The molecule has 0 fully saturated rings. The van der Waals surface area contributed by atoms with Gasteiger partial charge < -0.3 is 14.0 Å². The van der Waals surface area contributed by atoms with Crippen LogP contribution in [0.15, 0.2) is 84.9 Å². The van der Waals surface area contributed by atoms with Gasteiger partial charge in [0.15, 0.2) is 0 Å². The Bertz CT molecular complexity index is 1540. The van der Waals surface area contributed by atoms with E-state index in [0.717, 1.165) is 45.8 Å². The average Bonchev–Trinajstić information content (AvgIpc) is 3.15. The number of anilines is 3. The van der Waals surface area contributed by atoms with Gasteiger partial charge in [-0.25, -0.2) is 0 Å². The second-order valence-electron chi connectivity index (χ2n) is 8.64. The molecular formula is C28H18N2O2. The molecular weight excluding hydrogens is 396 g/mol. The van der Waals surface area contributed by atoms with Gasteiger partial charge >= 0.3 is 0 Å². The Balaban J connectivity index is 1.50. The maximum Gasteiger partial charge on any atom is 0.135 e. The number of rotatable bonds is 1. The molecule has 32 heavy (non-hydrogen) atoms. The van der Waals surface area contributed by atoms with Crippen LogP contribution in [0.4, 0.5) is 17.2 Å². The summed E-state index contributed by atoms with van der Waals surface area (Å²) in [6.07, 6.45) is 0. The van der Waals surface area contributed by atoms with Crippen LogP contribution < -0.4 is 14.4 Å². The molecule has 0 unspecified atom stereocenters. The Hall–Kier alpha value is -4.18. The highest BCUT2D eigenvalue weighted by atomic mass is 16.5. The third kappa shape index (κ3) is 1.85. The molecule has 1 aromatic heterocycles. The topological polar surface area (TPSA) is 26.6 Å². The number of hydrogen-bond acceptors (Lipinski definition) is 3. The first-order valence-corrected chi connectivity index (χ1v) is 10.9. The van der Waals surface area contributed by atoms with E-state index >= 15 is 0 Å². The Kier molecular flexibility index (Phi) is 2.86. The largest absolute Gasteiger partial charge is 0.457 e. The van der Waals surface area contributed by atoms with Crippen molar-refractivity contribution in [1.29, 1.82) is 0 Å². The molecule has 0 N–H and O–H groups in total. The second kappa shape index (κ2) is 5.54. The Morgan fingerprint density at radius 1 is 0.625 bits per heavy atom. The van der Waals surface area contributed by atoms with E-state index in [1.54, 1.807) is 0 Å². The fourth-order valence-electron chi connectivity index (χ4n) is 5.73. The van der Waals surface area contributed by atoms with Crippen molar-refractivity contribution in [2.75, 3.05) is 4.90 Å². The average molecular weight is 414 g/mol. The summed E-state index contributed by atoms with van der Waals surface area (Å²) in [5.41, 5.74) is 7.07. The first-order valence-electron chi connectivity index (χ1n) is 10.9. The van der Waals surface area contributed by atoms with Gasteiger partial charge in [0.1, 0.15) is 28.8 Å². The number of nitrogens with zero attached hydrogens (tertiary/aromatic N) is 2. The number of hydrogen-bond donors (Lipinski definition) is 0. The standard InChI is InChI=1S/C28H18N2O2/c1-29-17-8-3-2-7-16(17)15-24(29)30-18-9-4-11-20-25(18)28-26-19(30)10-5-12-21(26)32-23-14-6-13-22(31-20)27(23)28/h2-15,28H,1H3. The number of aryl methyl sites for hydroxylation is 1. The monoisotopic (exact) mass is 414 g/mol. The van der Waals surface area contributed by atoms with Gasteiger partial charge in [-0.15, -0.1) is 0 Å². The van der Waals surface area contributed by atoms with E-state index in [1.807, 2.05) is 18.2 Å². The number of fused-ring (bicyclic) bond motifs is 1. The first kappa shape index (κ1) is 16.5. The molecule has 0 aliphatic carbocycles. The van der Waals surface area contributed by atoms with Crippen molar-refractivity contribution in [3.05, 3.63) is 102 Å². The molecule has 3 aliphatic rings. The van der Waals surface area contributed by atoms with E-state index < -0.39 is 0 Å². The minimum atomic E-state index is 0.104. The third-order valence-corrected chi connectivity index (χ3v) is 7.06. The molecule has 0 saturated heterocycles. The summed E-state index contributed by atoms with van der Waals surface area (Å²) in [6, 6.07) is 29.6. The fourth-order valence-corrected chi connectivity index (χ4v) is 5.73. The zero-order valence-electron chi connectivity index (χ0n) is 17.4. The van der Waals surface area contributed by atoms with Gasteiger partial charge in [-0.1, -0.05) is 36.4 Å². The predicted octanol–water partition coefficient (Wildman–Crippen LogP) is 7.35. The Labute approximate surface area is 184 Å². The second-order valence-corrected chi connectivity index (χ2v) is 8.64. The maximum absolute atomic E-state index is 6.41. The Morgan fingerprint density at radius 3 is 1.81 bits per heavy atom.